The van der Waals surface area contributed by atoms with Crippen LogP contribution in [0.1, 0.15) is 30.4 Å². The Morgan fingerprint density at radius 2 is 1.91 bits per heavy atom. The van der Waals surface area contributed by atoms with Crippen molar-refractivity contribution >= 4 is 34.4 Å². The summed E-state index contributed by atoms with van der Waals surface area (Å²) in [6.45, 7) is 0.343. The SMILES string of the molecule is COc1ccccc1CCN(C(=O)C1CCCO1)C1CC(C(=O)NCCO)=CC(Oc2c(I)cc(CO)cc2OC)C1O. The van der Waals surface area contributed by atoms with E-state index in [1.807, 2.05) is 24.3 Å². The largest absolute Gasteiger partial charge is 0.496 e. The number of rotatable bonds is 13. The van der Waals surface area contributed by atoms with Crippen molar-refractivity contribution in [2.75, 3.05) is 40.5 Å². The number of halogens is 1. The van der Waals surface area contributed by atoms with E-state index in [1.165, 1.54) is 7.11 Å². The number of carbonyl (C=O) groups is 2. The minimum absolute atomic E-state index is 0.0512. The molecule has 2 aliphatic rings. The van der Waals surface area contributed by atoms with Crippen LogP contribution in [-0.2, 0) is 27.4 Å². The predicted octanol–water partition coefficient (Wildman–Crippen LogP) is 1.97. The van der Waals surface area contributed by atoms with Crippen LogP contribution in [0.4, 0.5) is 0 Å². The van der Waals surface area contributed by atoms with Gasteiger partial charge in [0.2, 0.25) is 5.91 Å². The molecule has 234 valence electrons. The summed E-state index contributed by atoms with van der Waals surface area (Å²) < 4.78 is 23.8. The van der Waals surface area contributed by atoms with Crippen molar-refractivity contribution in [3.05, 3.63) is 62.7 Å². The zero-order chi connectivity index (χ0) is 30.9. The van der Waals surface area contributed by atoms with Crippen LogP contribution in [0.5, 0.6) is 17.2 Å². The van der Waals surface area contributed by atoms with Gasteiger partial charge in [-0.15, -0.1) is 0 Å². The second kappa shape index (κ2) is 15.7. The monoisotopic (exact) mass is 710 g/mol. The predicted molar refractivity (Wildman–Crippen MR) is 166 cm³/mol. The smallest absolute Gasteiger partial charge is 0.252 e. The van der Waals surface area contributed by atoms with Crippen LogP contribution in [0, 0.1) is 3.57 Å². The Morgan fingerprint density at radius 3 is 2.58 bits per heavy atom. The van der Waals surface area contributed by atoms with Gasteiger partial charge < -0.3 is 44.5 Å². The van der Waals surface area contributed by atoms with E-state index in [-0.39, 0.29) is 38.6 Å². The molecule has 0 saturated carbocycles. The molecule has 1 aliphatic carbocycles. The Morgan fingerprint density at radius 1 is 1.14 bits per heavy atom. The van der Waals surface area contributed by atoms with Gasteiger partial charge in [-0.25, -0.2) is 0 Å². The third-order valence-electron chi connectivity index (χ3n) is 7.64. The Balaban J connectivity index is 1.70. The van der Waals surface area contributed by atoms with E-state index in [2.05, 4.69) is 27.9 Å². The number of nitrogens with zero attached hydrogens (tertiary/aromatic N) is 1. The summed E-state index contributed by atoms with van der Waals surface area (Å²) in [6.07, 6.45) is 0.511. The standard InChI is InChI=1S/C31H39IN2O9/c1-40-24-7-4-3-6-20(24)9-11-34(31(39)25-8-5-13-42-25)23-16-21(30(38)33-10-12-35)17-26(28(23)37)43-29-22(32)14-19(18-36)15-27(29)41-2/h3-4,6-7,14-15,17,23,25-26,28,35-37H,5,8-13,16,18H2,1-2H3,(H,33,38). The highest BCUT2D eigenvalue weighted by molar-refractivity contribution is 14.1. The summed E-state index contributed by atoms with van der Waals surface area (Å²) in [7, 11) is 3.06. The zero-order valence-corrected chi connectivity index (χ0v) is 26.5. The molecule has 2 aromatic rings. The molecular weight excluding hydrogens is 671 g/mol. The number of hydrogen-bond donors (Lipinski definition) is 4. The molecular formula is C31H39IN2O9. The molecule has 1 saturated heterocycles. The number of aliphatic hydroxyl groups is 3. The third kappa shape index (κ3) is 7.98. The van der Waals surface area contributed by atoms with E-state index in [0.717, 1.165) is 12.0 Å². The highest BCUT2D eigenvalue weighted by atomic mass is 127. The lowest BCUT2D eigenvalue weighted by Gasteiger charge is -2.41. The van der Waals surface area contributed by atoms with E-state index in [4.69, 9.17) is 18.9 Å². The van der Waals surface area contributed by atoms with Crippen molar-refractivity contribution < 1.29 is 43.9 Å². The van der Waals surface area contributed by atoms with Crippen LogP contribution in [0.3, 0.4) is 0 Å². The van der Waals surface area contributed by atoms with Gasteiger partial charge >= 0.3 is 0 Å². The maximum Gasteiger partial charge on any atom is 0.252 e. The van der Waals surface area contributed by atoms with Gasteiger partial charge in [-0.05, 0) is 77.3 Å². The molecule has 11 nitrogen and oxygen atoms in total. The molecule has 0 aromatic heterocycles. The van der Waals surface area contributed by atoms with Gasteiger partial charge in [-0.2, -0.15) is 0 Å². The number of benzene rings is 2. The average molecular weight is 711 g/mol. The van der Waals surface area contributed by atoms with Gasteiger partial charge in [-0.3, -0.25) is 9.59 Å². The van der Waals surface area contributed by atoms with Crippen LogP contribution in [-0.4, -0.2) is 96.9 Å². The first-order chi connectivity index (χ1) is 20.8. The molecule has 0 bridgehead atoms. The summed E-state index contributed by atoms with van der Waals surface area (Å²) in [4.78, 5) is 28.7. The van der Waals surface area contributed by atoms with Crippen molar-refractivity contribution in [1.29, 1.82) is 0 Å². The Labute approximate surface area is 264 Å². The minimum Gasteiger partial charge on any atom is -0.496 e. The van der Waals surface area contributed by atoms with Gasteiger partial charge in [0.1, 0.15) is 24.1 Å². The second-order valence-corrected chi connectivity index (χ2v) is 11.5. The first-order valence-corrected chi connectivity index (χ1v) is 15.3. The van der Waals surface area contributed by atoms with Gasteiger partial charge in [-0.1, -0.05) is 18.2 Å². The molecule has 1 aliphatic heterocycles. The topological polar surface area (TPSA) is 147 Å². The summed E-state index contributed by atoms with van der Waals surface area (Å²) in [5.41, 5.74) is 1.84. The van der Waals surface area contributed by atoms with Crippen LogP contribution in [0.15, 0.2) is 48.0 Å². The lowest BCUT2D eigenvalue weighted by atomic mass is 9.87. The molecule has 4 atom stereocenters. The molecule has 4 unspecified atom stereocenters. The van der Waals surface area contributed by atoms with E-state index >= 15 is 0 Å². The van der Waals surface area contributed by atoms with Crippen molar-refractivity contribution in [2.24, 2.45) is 0 Å². The Bertz CT molecular complexity index is 1300. The molecule has 0 radical (unpaired) electrons. The van der Waals surface area contributed by atoms with E-state index < -0.39 is 30.3 Å². The number of nitrogens with one attached hydrogen (secondary N) is 1. The quantitative estimate of drug-likeness (QED) is 0.229. The molecule has 2 amide bonds. The molecule has 1 fully saturated rings. The number of hydrogen-bond acceptors (Lipinski definition) is 9. The summed E-state index contributed by atoms with van der Waals surface area (Å²) in [5, 5.41) is 33.4. The number of carbonyl (C=O) groups excluding carboxylic acids is 2. The van der Waals surface area contributed by atoms with E-state index in [0.29, 0.717) is 51.4 Å². The number of para-hydroxylation sites is 1. The van der Waals surface area contributed by atoms with Gasteiger partial charge in [0.25, 0.3) is 5.91 Å². The molecule has 0 spiro atoms. The number of methoxy groups -OCH3 is 2. The minimum atomic E-state index is -1.21. The molecule has 4 N–H and O–H groups in total. The normalized spacial score (nSPS) is 21.6. The van der Waals surface area contributed by atoms with Gasteiger partial charge in [0.05, 0.1) is 37.0 Å². The van der Waals surface area contributed by atoms with Crippen molar-refractivity contribution in [3.8, 4) is 17.2 Å². The second-order valence-electron chi connectivity index (χ2n) is 10.4. The molecule has 4 rings (SSSR count). The first kappa shape index (κ1) is 33.0. The lowest BCUT2D eigenvalue weighted by Crippen LogP contribution is -2.57. The van der Waals surface area contributed by atoms with Crippen molar-refractivity contribution in [1.82, 2.24) is 10.2 Å². The number of ether oxygens (including phenoxy) is 4. The fourth-order valence-corrected chi connectivity index (χ4v) is 6.23. The lowest BCUT2D eigenvalue weighted by molar-refractivity contribution is -0.148. The van der Waals surface area contributed by atoms with Crippen LogP contribution in [0.25, 0.3) is 0 Å². The summed E-state index contributed by atoms with van der Waals surface area (Å²) in [6, 6.07) is 10.1. The maximum atomic E-state index is 13.9. The third-order valence-corrected chi connectivity index (χ3v) is 8.44. The molecule has 43 heavy (non-hydrogen) atoms. The van der Waals surface area contributed by atoms with Gasteiger partial charge in [0, 0.05) is 31.7 Å². The summed E-state index contributed by atoms with van der Waals surface area (Å²) in [5.74, 6) is 0.697. The van der Waals surface area contributed by atoms with Crippen LogP contribution in [0.2, 0.25) is 0 Å². The highest BCUT2D eigenvalue weighted by Gasteiger charge is 2.43. The number of amides is 2. The molecule has 2 aromatic carbocycles. The fraction of sp³-hybridized carbons (Fsp3) is 0.484. The summed E-state index contributed by atoms with van der Waals surface area (Å²) >= 11 is 2.06. The Hall–Kier alpha value is -2.91. The highest BCUT2D eigenvalue weighted by Crippen LogP contribution is 2.37. The molecule has 12 heteroatoms. The van der Waals surface area contributed by atoms with E-state index in [1.54, 1.807) is 30.2 Å². The number of aliphatic hydroxyl groups excluding tert-OH is 3. The first-order valence-electron chi connectivity index (χ1n) is 14.3. The average Bonchev–Trinajstić information content (AvgIpc) is 3.57. The van der Waals surface area contributed by atoms with Crippen LogP contribution >= 0.6 is 22.6 Å². The van der Waals surface area contributed by atoms with Crippen molar-refractivity contribution in [2.45, 2.75) is 56.6 Å². The molecule has 1 heterocycles. The fourth-order valence-electron chi connectivity index (χ4n) is 5.44. The zero-order valence-electron chi connectivity index (χ0n) is 24.3. The van der Waals surface area contributed by atoms with Crippen molar-refractivity contribution in [3.63, 3.8) is 0 Å². The van der Waals surface area contributed by atoms with E-state index in [9.17, 15) is 24.9 Å². The maximum absolute atomic E-state index is 13.9. The van der Waals surface area contributed by atoms with Gasteiger partial charge in [0.15, 0.2) is 11.5 Å². The Kier molecular flexibility index (Phi) is 12.1. The van der Waals surface area contributed by atoms with Crippen LogP contribution < -0.4 is 19.5 Å².